The van der Waals surface area contributed by atoms with E-state index in [-0.39, 0.29) is 23.3 Å². The van der Waals surface area contributed by atoms with Gasteiger partial charge in [0.1, 0.15) is 0 Å². The molecule has 1 unspecified atom stereocenters. The molecule has 2 rings (SSSR count). The fourth-order valence-electron chi connectivity index (χ4n) is 3.06. The number of sulfonamides is 1. The van der Waals surface area contributed by atoms with E-state index in [4.69, 9.17) is 0 Å². The van der Waals surface area contributed by atoms with Crippen LogP contribution < -0.4 is 10.2 Å². The number of anilines is 1. The van der Waals surface area contributed by atoms with Crippen LogP contribution in [0.15, 0.2) is 53.4 Å². The number of nitrogens with zero attached hydrogens (tertiary/aromatic N) is 3. The highest BCUT2D eigenvalue weighted by Gasteiger charge is 2.19. The third kappa shape index (κ3) is 5.89. The SMILES string of the molecule is CN(C)c1ccc(C(CNCC(=O)c2cccc(S(=O)(=O)N(C)C)c2)N(C)C)cc1. The molecular formula is C22H32N4O3S. The van der Waals surface area contributed by atoms with Gasteiger partial charge >= 0.3 is 0 Å². The van der Waals surface area contributed by atoms with E-state index in [1.807, 2.05) is 28.2 Å². The molecule has 0 saturated heterocycles. The monoisotopic (exact) mass is 432 g/mol. The number of hydrogen-bond acceptors (Lipinski definition) is 6. The van der Waals surface area contributed by atoms with E-state index in [1.54, 1.807) is 12.1 Å². The quantitative estimate of drug-likeness (QED) is 0.580. The number of hydrogen-bond donors (Lipinski definition) is 1. The molecule has 0 aliphatic rings. The first-order valence-electron chi connectivity index (χ1n) is 9.74. The number of carbonyl (C=O) groups is 1. The summed E-state index contributed by atoms with van der Waals surface area (Å²) in [7, 11) is 7.38. The van der Waals surface area contributed by atoms with Gasteiger partial charge in [-0.2, -0.15) is 0 Å². The first kappa shape index (κ1) is 24.0. The lowest BCUT2D eigenvalue weighted by molar-refractivity contribution is 0.0988. The molecule has 2 aromatic carbocycles. The summed E-state index contributed by atoms with van der Waals surface area (Å²) in [4.78, 5) is 16.9. The van der Waals surface area contributed by atoms with E-state index in [9.17, 15) is 13.2 Å². The lowest BCUT2D eigenvalue weighted by Gasteiger charge is -2.26. The molecule has 2 aromatic rings. The molecule has 164 valence electrons. The Morgan fingerprint density at radius 2 is 1.60 bits per heavy atom. The van der Waals surface area contributed by atoms with Gasteiger partial charge in [0, 0.05) is 52.0 Å². The highest BCUT2D eigenvalue weighted by molar-refractivity contribution is 7.89. The van der Waals surface area contributed by atoms with E-state index >= 15 is 0 Å². The van der Waals surface area contributed by atoms with Crippen molar-refractivity contribution in [3.63, 3.8) is 0 Å². The summed E-state index contributed by atoms with van der Waals surface area (Å²) >= 11 is 0. The van der Waals surface area contributed by atoms with E-state index < -0.39 is 10.0 Å². The maximum atomic E-state index is 12.6. The summed E-state index contributed by atoms with van der Waals surface area (Å²) in [6.45, 7) is 0.724. The van der Waals surface area contributed by atoms with Gasteiger partial charge in [-0.15, -0.1) is 0 Å². The Morgan fingerprint density at radius 1 is 0.967 bits per heavy atom. The van der Waals surface area contributed by atoms with Crippen LogP contribution >= 0.6 is 0 Å². The third-order valence-electron chi connectivity index (χ3n) is 4.98. The summed E-state index contributed by atoms with van der Waals surface area (Å²) < 4.78 is 25.7. The maximum Gasteiger partial charge on any atom is 0.242 e. The minimum atomic E-state index is -3.57. The Hall–Kier alpha value is -2.26. The highest BCUT2D eigenvalue weighted by Crippen LogP contribution is 2.21. The van der Waals surface area contributed by atoms with E-state index in [1.165, 1.54) is 26.2 Å². The van der Waals surface area contributed by atoms with Crippen LogP contribution in [0.1, 0.15) is 22.0 Å². The summed E-state index contributed by atoms with van der Waals surface area (Å²) in [5.41, 5.74) is 2.67. The maximum absolute atomic E-state index is 12.6. The zero-order valence-corrected chi connectivity index (χ0v) is 19.4. The van der Waals surface area contributed by atoms with Crippen LogP contribution in [0.2, 0.25) is 0 Å². The smallest absolute Gasteiger partial charge is 0.242 e. The molecule has 30 heavy (non-hydrogen) atoms. The Kier molecular flexibility index (Phi) is 8.14. The molecule has 0 spiro atoms. The van der Waals surface area contributed by atoms with Gasteiger partial charge in [-0.05, 0) is 43.9 Å². The summed E-state index contributed by atoms with van der Waals surface area (Å²) in [5.74, 6) is -0.147. The fraction of sp³-hybridized carbons (Fsp3) is 0.409. The van der Waals surface area contributed by atoms with Crippen LogP contribution in [0.4, 0.5) is 5.69 Å². The normalized spacial score (nSPS) is 12.9. The molecule has 0 radical (unpaired) electrons. The Morgan fingerprint density at radius 3 is 2.13 bits per heavy atom. The molecule has 7 nitrogen and oxygen atoms in total. The summed E-state index contributed by atoms with van der Waals surface area (Å²) in [6, 6.07) is 14.6. The zero-order chi connectivity index (χ0) is 22.5. The standard InChI is InChI=1S/C22H32N4O3S/c1-24(2)19-12-10-17(11-13-19)21(25(3)4)15-23-16-22(27)18-8-7-9-20(14-18)30(28,29)26(5)6/h7-14,21,23H,15-16H2,1-6H3. The molecule has 1 N–H and O–H groups in total. The van der Waals surface area contributed by atoms with Crippen LogP contribution in [-0.2, 0) is 10.0 Å². The number of likely N-dealkylation sites (N-methyl/N-ethyl adjacent to an activating group) is 1. The lowest BCUT2D eigenvalue weighted by Crippen LogP contribution is -2.34. The van der Waals surface area contributed by atoms with Crippen LogP contribution in [0, 0.1) is 0 Å². The molecule has 0 aliphatic heterocycles. The van der Waals surface area contributed by atoms with Gasteiger partial charge in [0.05, 0.1) is 11.4 Å². The second kappa shape index (κ2) is 10.2. The van der Waals surface area contributed by atoms with Crippen molar-refractivity contribution >= 4 is 21.5 Å². The van der Waals surface area contributed by atoms with Crippen LogP contribution in [0.5, 0.6) is 0 Å². The Balaban J connectivity index is 2.05. The molecule has 8 heteroatoms. The number of ketones is 1. The lowest BCUT2D eigenvalue weighted by atomic mass is 10.0. The predicted molar refractivity (Wildman–Crippen MR) is 122 cm³/mol. The van der Waals surface area contributed by atoms with Crippen molar-refractivity contribution in [2.45, 2.75) is 10.9 Å². The Bertz CT molecular complexity index is 955. The van der Waals surface area contributed by atoms with Crippen molar-refractivity contribution in [1.82, 2.24) is 14.5 Å². The van der Waals surface area contributed by atoms with Crippen molar-refractivity contribution in [3.05, 3.63) is 59.7 Å². The molecule has 0 saturated carbocycles. The van der Waals surface area contributed by atoms with Crippen molar-refractivity contribution < 1.29 is 13.2 Å². The van der Waals surface area contributed by atoms with Gasteiger partial charge < -0.3 is 15.1 Å². The van der Waals surface area contributed by atoms with E-state index in [0.717, 1.165) is 15.6 Å². The van der Waals surface area contributed by atoms with Crippen molar-refractivity contribution in [1.29, 1.82) is 0 Å². The van der Waals surface area contributed by atoms with Crippen LogP contribution in [0.3, 0.4) is 0 Å². The Labute approximate surface area is 180 Å². The van der Waals surface area contributed by atoms with Gasteiger partial charge in [0.15, 0.2) is 5.78 Å². The second-order valence-corrected chi connectivity index (χ2v) is 9.99. The van der Waals surface area contributed by atoms with Crippen molar-refractivity contribution in [3.8, 4) is 0 Å². The molecule has 0 aliphatic carbocycles. The van der Waals surface area contributed by atoms with Gasteiger partial charge in [-0.1, -0.05) is 24.3 Å². The van der Waals surface area contributed by atoms with Crippen LogP contribution in [-0.4, -0.2) is 78.8 Å². The predicted octanol–water partition coefficient (Wildman–Crippen LogP) is 2.08. The first-order chi connectivity index (χ1) is 14.0. The van der Waals surface area contributed by atoms with Crippen molar-refractivity contribution in [2.75, 3.05) is 60.3 Å². The zero-order valence-electron chi connectivity index (χ0n) is 18.6. The topological polar surface area (TPSA) is 73.0 Å². The van der Waals surface area contributed by atoms with Crippen LogP contribution in [0.25, 0.3) is 0 Å². The molecule has 1 atom stereocenters. The number of benzene rings is 2. The number of carbonyl (C=O) groups excluding carboxylic acids is 1. The molecule has 0 amide bonds. The van der Waals surface area contributed by atoms with Gasteiger partial charge in [0.2, 0.25) is 10.0 Å². The average molecular weight is 433 g/mol. The van der Waals surface area contributed by atoms with Gasteiger partial charge in [-0.25, -0.2) is 12.7 Å². The molecule has 0 aromatic heterocycles. The van der Waals surface area contributed by atoms with E-state index in [0.29, 0.717) is 12.1 Å². The molecular weight excluding hydrogens is 400 g/mol. The molecule has 0 heterocycles. The minimum Gasteiger partial charge on any atom is -0.378 e. The number of Topliss-reactive ketones (excluding diaryl/α,β-unsaturated/α-hetero) is 1. The van der Waals surface area contributed by atoms with Crippen molar-refractivity contribution in [2.24, 2.45) is 0 Å². The second-order valence-electron chi connectivity index (χ2n) is 7.83. The largest absolute Gasteiger partial charge is 0.378 e. The highest BCUT2D eigenvalue weighted by atomic mass is 32.2. The first-order valence-corrected chi connectivity index (χ1v) is 11.2. The fourth-order valence-corrected chi connectivity index (χ4v) is 4.01. The average Bonchev–Trinajstić information content (AvgIpc) is 2.70. The molecule has 0 bridgehead atoms. The van der Waals surface area contributed by atoms with E-state index in [2.05, 4.69) is 39.4 Å². The minimum absolute atomic E-state index is 0.106. The third-order valence-corrected chi connectivity index (χ3v) is 6.79. The molecule has 0 fully saturated rings. The van der Waals surface area contributed by atoms with Gasteiger partial charge in [0.25, 0.3) is 0 Å². The number of nitrogens with one attached hydrogen (secondary N) is 1. The summed E-state index contributed by atoms with van der Waals surface area (Å²) in [6.07, 6.45) is 0. The number of rotatable bonds is 10. The summed E-state index contributed by atoms with van der Waals surface area (Å²) in [5, 5.41) is 3.22. The van der Waals surface area contributed by atoms with Gasteiger partial charge in [-0.3, -0.25) is 4.79 Å².